The minimum absolute atomic E-state index is 0.224. The molecule has 264 valence electrons. The number of benzene rings is 4. The first-order chi connectivity index (χ1) is 24.9. The van der Waals surface area contributed by atoms with Gasteiger partial charge in [0, 0.05) is 0 Å². The van der Waals surface area contributed by atoms with Crippen molar-refractivity contribution in [3.05, 3.63) is 155 Å². The molecule has 2 heterocycles. The first-order valence-corrected chi connectivity index (χ1v) is 30.1. The molecule has 0 aliphatic rings. The number of hydrogen-bond donors (Lipinski definition) is 0. The monoisotopic (exact) mass is 816 g/mol. The van der Waals surface area contributed by atoms with Gasteiger partial charge < -0.3 is 8.83 Å². The molecule has 6 aromatic carbocycles. The summed E-state index contributed by atoms with van der Waals surface area (Å²) in [5, 5.41) is 5.11. The Morgan fingerprint density at radius 3 is 1.21 bits per heavy atom. The molecule has 0 aliphatic heterocycles. The zero-order chi connectivity index (χ0) is 37.1. The molecule has 2 nitrogen and oxygen atoms in total. The first-order valence-electron chi connectivity index (χ1n) is 17.6. The standard InChI is InChI=1S/2C22H19O.C2H6Si.2ClH.Zr/c2*1-14-6-4-5-7-19(14)22-15(2)8-10-17-12-18(13-20(17)22)21-11-9-16(3)23-21;1-3-2;;;/h2*4-13H,1-3H3;1-2H3;2*1H;/q2*-1;;;;+2/p-2. The second kappa shape index (κ2) is 16.6. The Morgan fingerprint density at radius 1 is 0.500 bits per heavy atom. The van der Waals surface area contributed by atoms with Gasteiger partial charge in [0.05, 0.1) is 23.0 Å². The summed E-state index contributed by atoms with van der Waals surface area (Å²) < 4.78 is 11.6. The number of halogens is 2. The zero-order valence-corrected chi connectivity index (χ0v) is 36.1. The van der Waals surface area contributed by atoms with Gasteiger partial charge in [-0.1, -0.05) is 82.9 Å². The molecular formula is C46H44Cl2O2SiZr-2. The van der Waals surface area contributed by atoms with Crippen LogP contribution in [-0.4, -0.2) is 5.43 Å². The molecule has 6 heteroatoms. The first kappa shape index (κ1) is 38.1. The van der Waals surface area contributed by atoms with E-state index in [-0.39, 0.29) is 5.43 Å². The quantitative estimate of drug-likeness (QED) is 0.131. The second-order valence-electron chi connectivity index (χ2n) is 13.7. The van der Waals surface area contributed by atoms with E-state index in [0.717, 1.165) is 34.2 Å². The molecule has 8 rings (SSSR count). The smallest absolute Gasteiger partial charge is 0.0896 e. The van der Waals surface area contributed by atoms with E-state index in [4.69, 9.17) is 25.9 Å². The molecule has 0 saturated carbocycles. The normalized spacial score (nSPS) is 10.9. The summed E-state index contributed by atoms with van der Waals surface area (Å²) in [7, 11) is 11.2. The average molecular weight is 819 g/mol. The molecule has 0 spiro atoms. The van der Waals surface area contributed by atoms with Gasteiger partial charge in [-0.2, -0.15) is 0 Å². The Balaban J connectivity index is 0.000000155. The molecule has 0 N–H and O–H groups in total. The van der Waals surface area contributed by atoms with Crippen LogP contribution < -0.4 is 0 Å². The third kappa shape index (κ3) is 8.42. The van der Waals surface area contributed by atoms with E-state index in [1.165, 1.54) is 66.1 Å². The van der Waals surface area contributed by atoms with Crippen LogP contribution in [-0.2, 0) is 18.0 Å². The van der Waals surface area contributed by atoms with Crippen LogP contribution in [0.15, 0.2) is 130 Å². The van der Waals surface area contributed by atoms with Crippen LogP contribution in [0.4, 0.5) is 0 Å². The van der Waals surface area contributed by atoms with Crippen molar-refractivity contribution in [3.8, 4) is 44.9 Å². The number of aryl methyl sites for hydroxylation is 6. The molecule has 0 fully saturated rings. The topological polar surface area (TPSA) is 26.3 Å². The van der Waals surface area contributed by atoms with E-state index >= 15 is 0 Å². The van der Waals surface area contributed by atoms with Gasteiger partial charge in [-0.25, -0.2) is 0 Å². The molecular weight excluding hydrogens is 775 g/mol. The Morgan fingerprint density at radius 2 is 0.885 bits per heavy atom. The van der Waals surface area contributed by atoms with Crippen molar-refractivity contribution in [2.45, 2.75) is 54.6 Å². The summed E-state index contributed by atoms with van der Waals surface area (Å²) in [6, 6.07) is 43.1. The van der Waals surface area contributed by atoms with Gasteiger partial charge in [0.2, 0.25) is 0 Å². The fourth-order valence-corrected chi connectivity index (χ4v) is 6.67. The maximum atomic E-state index is 5.80. The third-order valence-corrected chi connectivity index (χ3v) is 29.2. The minimum Gasteiger partial charge on any atom is -0.496 e. The molecule has 0 bridgehead atoms. The zero-order valence-electron chi connectivity index (χ0n) is 31.1. The SMILES string of the molecule is C[Si](C)=[Zr]([Cl])[Cl].Cc1ccc(-c2cc3c(-c4ccccc4C)c(C)ccc3[cH-]2)o1.Cc1ccc(-c2cc3c(-c4ccccc4C)c(C)ccc3[cH-]2)o1. The number of hydrogen-bond acceptors (Lipinski definition) is 2. The largest absolute Gasteiger partial charge is 0.496 e. The van der Waals surface area contributed by atoms with Gasteiger partial charge in [-0.15, -0.1) is 57.9 Å². The summed E-state index contributed by atoms with van der Waals surface area (Å²) in [6.07, 6.45) is 0. The van der Waals surface area contributed by atoms with Crippen LogP contribution in [0.2, 0.25) is 13.1 Å². The number of furan rings is 2. The van der Waals surface area contributed by atoms with Crippen molar-refractivity contribution in [2.75, 3.05) is 0 Å². The van der Waals surface area contributed by atoms with Crippen LogP contribution in [0.1, 0.15) is 33.8 Å². The fourth-order valence-electron chi connectivity index (χ4n) is 6.67. The predicted molar refractivity (Wildman–Crippen MR) is 223 cm³/mol. The summed E-state index contributed by atoms with van der Waals surface area (Å²) in [4.78, 5) is 0. The van der Waals surface area contributed by atoms with Crippen LogP contribution in [0.25, 0.3) is 66.4 Å². The van der Waals surface area contributed by atoms with E-state index in [9.17, 15) is 0 Å². The van der Waals surface area contributed by atoms with Crippen molar-refractivity contribution in [2.24, 2.45) is 0 Å². The maximum absolute atomic E-state index is 5.80. The maximum Gasteiger partial charge on any atom is 0.0896 e. The van der Waals surface area contributed by atoms with Gasteiger partial charge in [0.15, 0.2) is 0 Å². The third-order valence-electron chi connectivity index (χ3n) is 9.45. The second-order valence-corrected chi connectivity index (χ2v) is 36.7. The van der Waals surface area contributed by atoms with E-state index in [0.29, 0.717) is 0 Å². The van der Waals surface area contributed by atoms with Crippen LogP contribution in [0.3, 0.4) is 0 Å². The molecule has 0 unspecified atom stereocenters. The van der Waals surface area contributed by atoms with Crippen molar-refractivity contribution in [1.29, 1.82) is 0 Å². The Kier molecular flexibility index (Phi) is 12.1. The molecule has 0 radical (unpaired) electrons. The van der Waals surface area contributed by atoms with Gasteiger partial charge in [-0.3, -0.25) is 0 Å². The van der Waals surface area contributed by atoms with E-state index in [2.05, 4.69) is 138 Å². The van der Waals surface area contributed by atoms with Crippen molar-refractivity contribution >= 4 is 44.0 Å². The summed E-state index contributed by atoms with van der Waals surface area (Å²) in [5.74, 6) is 3.76. The molecule has 8 aromatic rings. The van der Waals surface area contributed by atoms with E-state index < -0.39 is 18.0 Å². The molecule has 2 aromatic heterocycles. The molecule has 0 atom stereocenters. The van der Waals surface area contributed by atoms with Crippen LogP contribution in [0.5, 0.6) is 0 Å². The fraction of sp³-hybridized carbons (Fsp3) is 0.174. The van der Waals surface area contributed by atoms with Gasteiger partial charge in [-0.05, 0) is 99.2 Å². The van der Waals surface area contributed by atoms with Gasteiger partial charge in [0.1, 0.15) is 0 Å². The van der Waals surface area contributed by atoms with Gasteiger partial charge >= 0.3 is 53.5 Å². The summed E-state index contributed by atoms with van der Waals surface area (Å²) in [5.41, 5.74) is 12.6. The Labute approximate surface area is 323 Å². The van der Waals surface area contributed by atoms with Crippen LogP contribution >= 0.6 is 17.0 Å². The predicted octanol–water partition coefficient (Wildman–Crippen LogP) is 15.0. The summed E-state index contributed by atoms with van der Waals surface area (Å²) in [6.45, 7) is 17.0. The Hall–Kier alpha value is -3.66. The van der Waals surface area contributed by atoms with E-state index in [1.54, 1.807) is 0 Å². The number of fused-ring (bicyclic) bond motifs is 2. The van der Waals surface area contributed by atoms with Crippen molar-refractivity contribution < 1.29 is 26.8 Å². The molecule has 52 heavy (non-hydrogen) atoms. The minimum atomic E-state index is -1.65. The van der Waals surface area contributed by atoms with Crippen molar-refractivity contribution in [1.82, 2.24) is 0 Å². The molecule has 0 amide bonds. The van der Waals surface area contributed by atoms with E-state index in [1.807, 2.05) is 38.1 Å². The van der Waals surface area contributed by atoms with Crippen molar-refractivity contribution in [3.63, 3.8) is 0 Å². The molecule has 0 saturated heterocycles. The number of rotatable bonds is 4. The van der Waals surface area contributed by atoms with Gasteiger partial charge in [0.25, 0.3) is 0 Å². The summed E-state index contributed by atoms with van der Waals surface area (Å²) >= 11 is -1.65. The Bertz CT molecular complexity index is 2360. The van der Waals surface area contributed by atoms with Crippen LogP contribution in [0, 0.1) is 41.5 Å². The average Bonchev–Trinajstić information content (AvgIpc) is 3.93. The molecule has 0 aliphatic carbocycles.